The molecule has 2 heterocycles. The van der Waals surface area contributed by atoms with Crippen molar-refractivity contribution in [3.05, 3.63) is 29.6 Å². The highest BCUT2D eigenvalue weighted by Crippen LogP contribution is 2.10. The highest BCUT2D eigenvalue weighted by atomic mass is 16.2. The van der Waals surface area contributed by atoms with E-state index in [0.717, 1.165) is 18.7 Å². The summed E-state index contributed by atoms with van der Waals surface area (Å²) in [5.74, 6) is 0.0509. The van der Waals surface area contributed by atoms with Gasteiger partial charge in [0.1, 0.15) is 5.69 Å². The molecule has 1 amide bonds. The van der Waals surface area contributed by atoms with Crippen molar-refractivity contribution in [2.45, 2.75) is 6.92 Å². The number of amides is 1. The molecule has 2 rings (SSSR count). The Morgan fingerprint density at radius 3 is 2.75 bits per heavy atom. The molecule has 0 saturated carbocycles. The molecule has 3 heteroatoms. The molecule has 12 heavy (non-hydrogen) atoms. The van der Waals surface area contributed by atoms with Gasteiger partial charge in [-0.1, -0.05) is 6.07 Å². The Kier molecular flexibility index (Phi) is 1.57. The molecule has 0 bridgehead atoms. The quantitative estimate of drug-likeness (QED) is 0.573. The highest BCUT2D eigenvalue weighted by Gasteiger charge is 2.25. The number of nitrogens with zero attached hydrogens (tertiary/aromatic N) is 2. The highest BCUT2D eigenvalue weighted by molar-refractivity contribution is 5.93. The molecular formula is C9H10N2O. The molecule has 1 saturated heterocycles. The van der Waals surface area contributed by atoms with Crippen LogP contribution in [-0.2, 0) is 0 Å². The Morgan fingerprint density at radius 1 is 1.50 bits per heavy atom. The summed E-state index contributed by atoms with van der Waals surface area (Å²) in [6.45, 7) is 3.72. The zero-order valence-corrected chi connectivity index (χ0v) is 6.95. The maximum atomic E-state index is 11.4. The number of hydrogen-bond acceptors (Lipinski definition) is 2. The van der Waals surface area contributed by atoms with Gasteiger partial charge in [0.15, 0.2) is 0 Å². The lowest BCUT2D eigenvalue weighted by Crippen LogP contribution is -2.12. The topological polar surface area (TPSA) is 33.0 Å². The lowest BCUT2D eigenvalue weighted by Gasteiger charge is -1.99. The van der Waals surface area contributed by atoms with Crippen LogP contribution in [0.2, 0.25) is 0 Å². The van der Waals surface area contributed by atoms with Gasteiger partial charge in [-0.15, -0.1) is 0 Å². The van der Waals surface area contributed by atoms with E-state index in [-0.39, 0.29) is 5.91 Å². The minimum Gasteiger partial charge on any atom is -0.334 e. The molecule has 1 aliphatic rings. The monoisotopic (exact) mass is 162 g/mol. The predicted octanol–water partition coefficient (Wildman–Crippen LogP) is 0.846. The zero-order valence-electron chi connectivity index (χ0n) is 6.95. The van der Waals surface area contributed by atoms with Gasteiger partial charge in [0, 0.05) is 19.3 Å². The number of carbonyl (C=O) groups is 1. The van der Waals surface area contributed by atoms with Crippen molar-refractivity contribution in [3.8, 4) is 0 Å². The molecule has 1 fully saturated rings. The van der Waals surface area contributed by atoms with Crippen molar-refractivity contribution in [1.82, 2.24) is 9.88 Å². The summed E-state index contributed by atoms with van der Waals surface area (Å²) in [7, 11) is 0. The van der Waals surface area contributed by atoms with Gasteiger partial charge in [-0.2, -0.15) is 0 Å². The average molecular weight is 162 g/mol. The van der Waals surface area contributed by atoms with Crippen LogP contribution >= 0.6 is 0 Å². The van der Waals surface area contributed by atoms with Gasteiger partial charge in [0.05, 0.1) is 0 Å². The van der Waals surface area contributed by atoms with Crippen molar-refractivity contribution in [3.63, 3.8) is 0 Å². The van der Waals surface area contributed by atoms with E-state index >= 15 is 0 Å². The predicted molar refractivity (Wildman–Crippen MR) is 44.9 cm³/mol. The van der Waals surface area contributed by atoms with Gasteiger partial charge in [-0.3, -0.25) is 9.78 Å². The Bertz CT molecular complexity index is 301. The average Bonchev–Trinajstić information content (AvgIpc) is 2.87. The molecule has 0 aliphatic carbocycles. The standard InChI is InChI=1S/C9H10N2O/c1-7-2-3-8(10-6-7)9(12)11-4-5-11/h2-3,6H,4-5H2,1H3. The summed E-state index contributed by atoms with van der Waals surface area (Å²) in [6, 6.07) is 3.68. The molecule has 1 aromatic heterocycles. The fourth-order valence-corrected chi connectivity index (χ4v) is 1.01. The maximum Gasteiger partial charge on any atom is 0.272 e. The van der Waals surface area contributed by atoms with Crippen LogP contribution in [0.4, 0.5) is 0 Å². The Balaban J connectivity index is 2.22. The van der Waals surface area contributed by atoms with Gasteiger partial charge in [0.2, 0.25) is 0 Å². The van der Waals surface area contributed by atoms with Crippen LogP contribution in [0.3, 0.4) is 0 Å². The Morgan fingerprint density at radius 2 is 2.25 bits per heavy atom. The second kappa shape index (κ2) is 2.59. The van der Waals surface area contributed by atoms with E-state index in [1.54, 1.807) is 17.2 Å². The lowest BCUT2D eigenvalue weighted by atomic mass is 10.3. The first-order chi connectivity index (χ1) is 5.77. The molecule has 0 radical (unpaired) electrons. The van der Waals surface area contributed by atoms with Gasteiger partial charge >= 0.3 is 0 Å². The Hall–Kier alpha value is -1.38. The molecule has 0 spiro atoms. The SMILES string of the molecule is Cc1ccc(C(=O)N2CC2)nc1. The van der Waals surface area contributed by atoms with Gasteiger partial charge in [-0.25, -0.2) is 0 Å². The van der Waals surface area contributed by atoms with Crippen LogP contribution in [0, 0.1) is 6.92 Å². The number of carbonyl (C=O) groups excluding carboxylic acids is 1. The van der Waals surface area contributed by atoms with Crippen molar-refractivity contribution in [2.75, 3.05) is 13.1 Å². The number of hydrogen-bond donors (Lipinski definition) is 0. The molecule has 1 aromatic rings. The van der Waals surface area contributed by atoms with Crippen LogP contribution in [0.1, 0.15) is 16.1 Å². The van der Waals surface area contributed by atoms with E-state index < -0.39 is 0 Å². The first kappa shape index (κ1) is 7.28. The second-order valence-electron chi connectivity index (χ2n) is 3.01. The molecule has 0 N–H and O–H groups in total. The molecule has 0 aromatic carbocycles. The van der Waals surface area contributed by atoms with Gasteiger partial charge in [-0.05, 0) is 18.6 Å². The first-order valence-corrected chi connectivity index (χ1v) is 3.99. The van der Waals surface area contributed by atoms with Crippen molar-refractivity contribution in [1.29, 1.82) is 0 Å². The van der Waals surface area contributed by atoms with Crippen molar-refractivity contribution >= 4 is 5.91 Å². The third-order valence-electron chi connectivity index (χ3n) is 1.86. The smallest absolute Gasteiger partial charge is 0.272 e. The fraction of sp³-hybridized carbons (Fsp3) is 0.333. The van der Waals surface area contributed by atoms with Gasteiger partial charge in [0.25, 0.3) is 5.91 Å². The van der Waals surface area contributed by atoms with E-state index in [0.29, 0.717) is 5.69 Å². The van der Waals surface area contributed by atoms with Crippen LogP contribution in [-0.4, -0.2) is 28.9 Å². The normalized spacial score (nSPS) is 14.6. The van der Waals surface area contributed by atoms with Crippen LogP contribution in [0.5, 0.6) is 0 Å². The summed E-state index contributed by atoms with van der Waals surface area (Å²) in [5, 5.41) is 0. The van der Waals surface area contributed by atoms with Crippen LogP contribution in [0.15, 0.2) is 18.3 Å². The van der Waals surface area contributed by atoms with Gasteiger partial charge < -0.3 is 4.90 Å². The third-order valence-corrected chi connectivity index (χ3v) is 1.86. The molecule has 0 unspecified atom stereocenters. The van der Waals surface area contributed by atoms with E-state index in [1.165, 1.54) is 0 Å². The maximum absolute atomic E-state index is 11.4. The second-order valence-corrected chi connectivity index (χ2v) is 3.01. The molecule has 1 aliphatic heterocycles. The number of aryl methyl sites for hydroxylation is 1. The summed E-state index contributed by atoms with van der Waals surface area (Å²) in [4.78, 5) is 17.2. The van der Waals surface area contributed by atoms with Crippen LogP contribution in [0.25, 0.3) is 0 Å². The minimum atomic E-state index is 0.0509. The van der Waals surface area contributed by atoms with E-state index in [9.17, 15) is 4.79 Å². The van der Waals surface area contributed by atoms with Crippen molar-refractivity contribution < 1.29 is 4.79 Å². The van der Waals surface area contributed by atoms with E-state index in [4.69, 9.17) is 0 Å². The van der Waals surface area contributed by atoms with E-state index in [2.05, 4.69) is 4.98 Å². The molecule has 0 atom stereocenters. The third kappa shape index (κ3) is 1.30. The largest absolute Gasteiger partial charge is 0.334 e. The number of aromatic nitrogens is 1. The first-order valence-electron chi connectivity index (χ1n) is 3.99. The minimum absolute atomic E-state index is 0.0509. The molecule has 3 nitrogen and oxygen atoms in total. The lowest BCUT2D eigenvalue weighted by molar-refractivity contribution is 0.0880. The van der Waals surface area contributed by atoms with Crippen molar-refractivity contribution in [2.24, 2.45) is 0 Å². The fourth-order valence-electron chi connectivity index (χ4n) is 1.01. The summed E-state index contributed by atoms with van der Waals surface area (Å²) >= 11 is 0. The van der Waals surface area contributed by atoms with E-state index in [1.807, 2.05) is 13.0 Å². The van der Waals surface area contributed by atoms with Crippen LogP contribution < -0.4 is 0 Å². The Labute approximate surface area is 71.0 Å². The molecule has 62 valence electrons. The summed E-state index contributed by atoms with van der Waals surface area (Å²) < 4.78 is 0. The number of pyridine rings is 1. The summed E-state index contributed by atoms with van der Waals surface area (Å²) in [6.07, 6.45) is 1.72. The zero-order chi connectivity index (χ0) is 8.55. The number of rotatable bonds is 1. The molecular weight excluding hydrogens is 152 g/mol. The summed E-state index contributed by atoms with van der Waals surface area (Å²) in [5.41, 5.74) is 1.63.